The first kappa shape index (κ1) is 13.0. The molecule has 0 aliphatic heterocycles. The van der Waals surface area contributed by atoms with Crippen molar-refractivity contribution in [1.29, 1.82) is 0 Å². The Bertz CT molecular complexity index is 370. The largest absolute Gasteiger partial charge is 0.495 e. The average molecular weight is 241 g/mol. The molecule has 3 heteroatoms. The number of benzene rings is 1. The Balaban J connectivity index is 2.96. The van der Waals surface area contributed by atoms with Crippen LogP contribution in [0.5, 0.6) is 5.75 Å². The number of carbonyl (C=O) groups excluding carboxylic acids is 1. The number of methoxy groups -OCH3 is 1. The lowest BCUT2D eigenvalue weighted by atomic mass is 9.93. The number of hydrogen-bond donors (Lipinski definition) is 0. The molecule has 0 saturated carbocycles. The minimum atomic E-state index is 0.0875. The Kier molecular flexibility index (Phi) is 4.81. The SMILES string of the molecule is CCC(CC)C(=O)c1ccc(OC)c(Cl)c1. The van der Waals surface area contributed by atoms with Gasteiger partial charge in [-0.1, -0.05) is 25.4 Å². The molecule has 0 radical (unpaired) electrons. The zero-order valence-electron chi connectivity index (χ0n) is 9.92. The number of Topliss-reactive ketones (excluding diaryl/α,β-unsaturated/α-hetero) is 1. The van der Waals surface area contributed by atoms with Gasteiger partial charge in [0, 0.05) is 11.5 Å². The summed E-state index contributed by atoms with van der Waals surface area (Å²) in [5.41, 5.74) is 0.666. The molecule has 2 nitrogen and oxygen atoms in total. The van der Waals surface area contributed by atoms with E-state index in [1.165, 1.54) is 0 Å². The van der Waals surface area contributed by atoms with Gasteiger partial charge in [-0.05, 0) is 31.0 Å². The number of ketones is 1. The number of halogens is 1. The first-order chi connectivity index (χ1) is 7.63. The quantitative estimate of drug-likeness (QED) is 0.728. The van der Waals surface area contributed by atoms with Crippen LogP contribution in [0.4, 0.5) is 0 Å². The lowest BCUT2D eigenvalue weighted by molar-refractivity contribution is 0.0913. The highest BCUT2D eigenvalue weighted by atomic mass is 35.5. The van der Waals surface area contributed by atoms with E-state index in [-0.39, 0.29) is 11.7 Å². The second-order valence-corrected chi connectivity index (χ2v) is 4.13. The Morgan fingerprint density at radius 1 is 1.38 bits per heavy atom. The van der Waals surface area contributed by atoms with Gasteiger partial charge in [-0.3, -0.25) is 4.79 Å². The van der Waals surface area contributed by atoms with Gasteiger partial charge in [-0.2, -0.15) is 0 Å². The molecule has 0 fully saturated rings. The van der Waals surface area contributed by atoms with Crippen LogP contribution in [0.1, 0.15) is 37.0 Å². The first-order valence-corrected chi connectivity index (χ1v) is 5.89. The van der Waals surface area contributed by atoms with E-state index in [1.807, 2.05) is 13.8 Å². The van der Waals surface area contributed by atoms with Gasteiger partial charge in [0.2, 0.25) is 0 Å². The molecule has 0 N–H and O–H groups in total. The number of rotatable bonds is 5. The molecule has 0 amide bonds. The molecule has 0 unspecified atom stereocenters. The average Bonchev–Trinajstić information content (AvgIpc) is 2.30. The van der Waals surface area contributed by atoms with Gasteiger partial charge >= 0.3 is 0 Å². The lowest BCUT2D eigenvalue weighted by Crippen LogP contribution is -2.12. The van der Waals surface area contributed by atoms with Crippen LogP contribution in [-0.4, -0.2) is 12.9 Å². The molecule has 88 valence electrons. The second kappa shape index (κ2) is 5.90. The molecule has 1 rings (SSSR count). The Morgan fingerprint density at radius 3 is 2.44 bits per heavy atom. The maximum Gasteiger partial charge on any atom is 0.165 e. The smallest absolute Gasteiger partial charge is 0.165 e. The van der Waals surface area contributed by atoms with Gasteiger partial charge < -0.3 is 4.74 Å². The van der Waals surface area contributed by atoms with Gasteiger partial charge in [0.25, 0.3) is 0 Å². The van der Waals surface area contributed by atoms with E-state index in [0.717, 1.165) is 12.8 Å². The van der Waals surface area contributed by atoms with Gasteiger partial charge in [0.05, 0.1) is 12.1 Å². The van der Waals surface area contributed by atoms with Crippen molar-refractivity contribution in [2.45, 2.75) is 26.7 Å². The fraction of sp³-hybridized carbons (Fsp3) is 0.462. The van der Waals surface area contributed by atoms with Crippen molar-refractivity contribution in [2.75, 3.05) is 7.11 Å². The van der Waals surface area contributed by atoms with Crippen molar-refractivity contribution in [2.24, 2.45) is 5.92 Å². The van der Waals surface area contributed by atoms with Crippen molar-refractivity contribution in [3.8, 4) is 5.75 Å². The molecule has 1 aromatic carbocycles. The summed E-state index contributed by atoms with van der Waals surface area (Å²) in [6.45, 7) is 4.05. The van der Waals surface area contributed by atoms with Crippen molar-refractivity contribution in [3.05, 3.63) is 28.8 Å². The molecule has 0 heterocycles. The number of ether oxygens (including phenoxy) is 1. The second-order valence-electron chi connectivity index (χ2n) is 3.73. The summed E-state index contributed by atoms with van der Waals surface area (Å²) in [4.78, 5) is 12.1. The minimum absolute atomic E-state index is 0.0875. The topological polar surface area (TPSA) is 26.3 Å². The van der Waals surface area contributed by atoms with Crippen LogP contribution in [0.15, 0.2) is 18.2 Å². The summed E-state index contributed by atoms with van der Waals surface area (Å²) in [6.07, 6.45) is 1.72. The summed E-state index contributed by atoms with van der Waals surface area (Å²) in [7, 11) is 1.56. The molecule has 0 aromatic heterocycles. The van der Waals surface area contributed by atoms with Crippen molar-refractivity contribution in [3.63, 3.8) is 0 Å². The molecule has 0 saturated heterocycles. The van der Waals surface area contributed by atoms with Crippen LogP contribution in [0.25, 0.3) is 0 Å². The molecule has 0 aliphatic rings. The van der Waals surface area contributed by atoms with E-state index in [4.69, 9.17) is 16.3 Å². The van der Waals surface area contributed by atoms with E-state index in [9.17, 15) is 4.79 Å². The van der Waals surface area contributed by atoms with Gasteiger partial charge in [0.1, 0.15) is 5.75 Å². The highest BCUT2D eigenvalue weighted by Gasteiger charge is 2.17. The molecular weight excluding hydrogens is 224 g/mol. The third-order valence-electron chi connectivity index (χ3n) is 2.79. The first-order valence-electron chi connectivity index (χ1n) is 5.51. The summed E-state index contributed by atoms with van der Waals surface area (Å²) >= 11 is 5.99. The number of carbonyl (C=O) groups is 1. The molecule has 0 bridgehead atoms. The monoisotopic (exact) mass is 240 g/mol. The molecule has 16 heavy (non-hydrogen) atoms. The highest BCUT2D eigenvalue weighted by Crippen LogP contribution is 2.26. The van der Waals surface area contributed by atoms with E-state index >= 15 is 0 Å². The van der Waals surface area contributed by atoms with E-state index in [1.54, 1.807) is 25.3 Å². The lowest BCUT2D eigenvalue weighted by Gasteiger charge is -2.12. The van der Waals surface area contributed by atoms with E-state index in [2.05, 4.69) is 0 Å². The van der Waals surface area contributed by atoms with E-state index in [0.29, 0.717) is 16.3 Å². The fourth-order valence-corrected chi connectivity index (χ4v) is 1.97. The molecule has 1 aromatic rings. The fourth-order valence-electron chi connectivity index (χ4n) is 1.71. The zero-order valence-corrected chi connectivity index (χ0v) is 10.7. The summed E-state index contributed by atoms with van der Waals surface area (Å²) < 4.78 is 5.05. The third kappa shape index (κ3) is 2.76. The van der Waals surface area contributed by atoms with Gasteiger partial charge in [0.15, 0.2) is 5.78 Å². The van der Waals surface area contributed by atoms with Crippen LogP contribution >= 0.6 is 11.6 Å². The normalized spacial score (nSPS) is 10.6. The number of hydrogen-bond acceptors (Lipinski definition) is 2. The Hall–Kier alpha value is -1.02. The highest BCUT2D eigenvalue weighted by molar-refractivity contribution is 6.32. The molecular formula is C13H17ClO2. The summed E-state index contributed by atoms with van der Waals surface area (Å²) in [6, 6.07) is 5.18. The Labute approximate surface area is 102 Å². The maximum absolute atomic E-state index is 12.1. The zero-order chi connectivity index (χ0) is 12.1. The molecule has 0 aliphatic carbocycles. The predicted molar refractivity (Wildman–Crippen MR) is 66.4 cm³/mol. The summed E-state index contributed by atoms with van der Waals surface area (Å²) in [5, 5.41) is 0.485. The molecule has 0 spiro atoms. The maximum atomic E-state index is 12.1. The van der Waals surface area contributed by atoms with Gasteiger partial charge in [-0.15, -0.1) is 0 Å². The van der Waals surface area contributed by atoms with Crippen LogP contribution in [0.2, 0.25) is 5.02 Å². The standard InChI is InChI=1S/C13H17ClO2/c1-4-9(5-2)13(15)10-6-7-12(16-3)11(14)8-10/h6-9H,4-5H2,1-3H3. The molecule has 0 atom stereocenters. The van der Waals surface area contributed by atoms with Crippen LogP contribution < -0.4 is 4.74 Å². The van der Waals surface area contributed by atoms with Crippen LogP contribution in [-0.2, 0) is 0 Å². The minimum Gasteiger partial charge on any atom is -0.495 e. The van der Waals surface area contributed by atoms with Crippen molar-refractivity contribution in [1.82, 2.24) is 0 Å². The van der Waals surface area contributed by atoms with Crippen molar-refractivity contribution >= 4 is 17.4 Å². The Morgan fingerprint density at radius 2 is 2.00 bits per heavy atom. The van der Waals surface area contributed by atoms with E-state index < -0.39 is 0 Å². The van der Waals surface area contributed by atoms with Crippen molar-refractivity contribution < 1.29 is 9.53 Å². The van der Waals surface area contributed by atoms with Crippen LogP contribution in [0, 0.1) is 5.92 Å². The van der Waals surface area contributed by atoms with Crippen LogP contribution in [0.3, 0.4) is 0 Å². The third-order valence-corrected chi connectivity index (χ3v) is 3.09. The summed E-state index contributed by atoms with van der Waals surface area (Å²) in [5.74, 6) is 0.849. The predicted octanol–water partition coefficient (Wildman–Crippen LogP) is 3.97. The van der Waals surface area contributed by atoms with Gasteiger partial charge in [-0.25, -0.2) is 0 Å².